The lowest BCUT2D eigenvalue weighted by Gasteiger charge is -2.40. The van der Waals surface area contributed by atoms with Gasteiger partial charge in [-0.25, -0.2) is 4.39 Å². The van der Waals surface area contributed by atoms with E-state index in [1.54, 1.807) is 0 Å². The summed E-state index contributed by atoms with van der Waals surface area (Å²) in [5.74, 6) is -2.22. The lowest BCUT2D eigenvalue weighted by Crippen LogP contribution is -2.59. The van der Waals surface area contributed by atoms with Crippen LogP contribution in [0.2, 0.25) is 0 Å². The van der Waals surface area contributed by atoms with Gasteiger partial charge in [0.1, 0.15) is 12.7 Å². The number of hydrogen-bond acceptors (Lipinski definition) is 8. The minimum absolute atomic E-state index is 0.394. The molecule has 0 radical (unpaired) electrons. The van der Waals surface area contributed by atoms with E-state index in [0.717, 1.165) is 20.8 Å². The van der Waals surface area contributed by atoms with Gasteiger partial charge in [0.2, 0.25) is 0 Å². The molecule has 0 bridgehead atoms. The van der Waals surface area contributed by atoms with Gasteiger partial charge in [-0.05, 0) is 0 Å². The summed E-state index contributed by atoms with van der Waals surface area (Å²) in [7, 11) is 0. The van der Waals surface area contributed by atoms with Gasteiger partial charge in [0.05, 0.1) is 0 Å². The molecule has 1 rings (SSSR count). The van der Waals surface area contributed by atoms with Crippen LogP contribution in [-0.4, -0.2) is 60.4 Å². The first-order valence-corrected chi connectivity index (χ1v) is 6.17. The maximum Gasteiger partial charge on any atom is 0.303 e. The van der Waals surface area contributed by atoms with Gasteiger partial charge in [-0.1, -0.05) is 0 Å². The maximum absolute atomic E-state index is 13.9. The van der Waals surface area contributed by atoms with Crippen LogP contribution in [0.15, 0.2) is 0 Å². The molecule has 0 aliphatic carbocycles. The van der Waals surface area contributed by atoms with Crippen LogP contribution < -0.4 is 0 Å². The van der Waals surface area contributed by atoms with Gasteiger partial charge in [-0.15, -0.1) is 0 Å². The molecule has 0 aromatic rings. The fourth-order valence-electron chi connectivity index (χ4n) is 1.88. The summed E-state index contributed by atoms with van der Waals surface area (Å²) < 4.78 is 33.2. The smallest absolute Gasteiger partial charge is 0.303 e. The number of ether oxygens (including phenoxy) is 4. The minimum atomic E-state index is -2.10. The van der Waals surface area contributed by atoms with Gasteiger partial charge in [-0.2, -0.15) is 0 Å². The Kier molecular flexibility index (Phi) is 6.03. The highest BCUT2D eigenvalue weighted by atomic mass is 19.1. The number of aliphatic hydroxyl groups excluding tert-OH is 1. The number of rotatable bonds is 4. The van der Waals surface area contributed by atoms with Gasteiger partial charge >= 0.3 is 17.9 Å². The summed E-state index contributed by atoms with van der Waals surface area (Å²) in [6, 6.07) is 0. The molecule has 1 saturated heterocycles. The zero-order valence-electron chi connectivity index (χ0n) is 11.8. The monoisotopic (exact) mass is 308 g/mol. The first-order valence-electron chi connectivity index (χ1n) is 6.17. The molecule has 1 fully saturated rings. The Bertz CT molecular complexity index is 412. The number of halogens is 1. The highest BCUT2D eigenvalue weighted by molar-refractivity contribution is 5.67. The number of alkyl halides is 1. The van der Waals surface area contributed by atoms with Crippen molar-refractivity contribution < 1.29 is 42.8 Å². The third kappa shape index (κ3) is 4.94. The standard InChI is InChI=1S/C12H17FO8/c1-5(14)18-4-8-10(19-6(2)15)11(20-7(3)16)9(13)12(17)21-8/h8-12,17H,4H2,1-3H3/t8-,9-,10+,11-,12?/m1/s1. The molecule has 120 valence electrons. The largest absolute Gasteiger partial charge is 0.463 e. The first kappa shape index (κ1) is 17.3. The highest BCUT2D eigenvalue weighted by Gasteiger charge is 2.50. The molecule has 1 N–H and O–H groups in total. The topological polar surface area (TPSA) is 108 Å². The van der Waals surface area contributed by atoms with Crippen LogP contribution in [0.5, 0.6) is 0 Å². The van der Waals surface area contributed by atoms with Crippen molar-refractivity contribution in [3.63, 3.8) is 0 Å². The number of esters is 3. The predicted molar refractivity (Wildman–Crippen MR) is 63.5 cm³/mol. The molecule has 1 aliphatic rings. The summed E-state index contributed by atoms with van der Waals surface area (Å²) in [6.45, 7) is 2.86. The van der Waals surface area contributed by atoms with Gasteiger partial charge in [0.25, 0.3) is 0 Å². The molecule has 1 unspecified atom stereocenters. The normalized spacial score (nSPS) is 32.1. The number of carbonyl (C=O) groups excluding carboxylic acids is 3. The van der Waals surface area contributed by atoms with Crippen molar-refractivity contribution in [3.8, 4) is 0 Å². The average molecular weight is 308 g/mol. The first-order chi connectivity index (χ1) is 9.72. The molecule has 0 spiro atoms. The Balaban J connectivity index is 2.94. The second-order valence-electron chi connectivity index (χ2n) is 4.46. The quantitative estimate of drug-likeness (QED) is 0.545. The van der Waals surface area contributed by atoms with Crippen LogP contribution in [0.3, 0.4) is 0 Å². The molecule has 0 aromatic heterocycles. The van der Waals surface area contributed by atoms with E-state index in [4.69, 9.17) is 18.9 Å². The van der Waals surface area contributed by atoms with Crippen molar-refractivity contribution in [2.24, 2.45) is 0 Å². The molecule has 9 heteroatoms. The third-order valence-corrected chi connectivity index (χ3v) is 2.65. The van der Waals surface area contributed by atoms with Crippen LogP contribution in [0.1, 0.15) is 20.8 Å². The van der Waals surface area contributed by atoms with Crippen molar-refractivity contribution in [3.05, 3.63) is 0 Å². The van der Waals surface area contributed by atoms with E-state index in [2.05, 4.69) is 0 Å². The van der Waals surface area contributed by atoms with Crippen LogP contribution in [0.4, 0.5) is 4.39 Å². The van der Waals surface area contributed by atoms with Crippen molar-refractivity contribution in [2.75, 3.05) is 6.61 Å². The molecule has 21 heavy (non-hydrogen) atoms. The molecule has 1 aliphatic heterocycles. The molecule has 5 atom stereocenters. The van der Waals surface area contributed by atoms with E-state index in [9.17, 15) is 23.9 Å². The fraction of sp³-hybridized carbons (Fsp3) is 0.750. The summed E-state index contributed by atoms with van der Waals surface area (Å²) in [6.07, 6.45) is -8.07. The minimum Gasteiger partial charge on any atom is -0.463 e. The Hall–Kier alpha value is -1.74. The molecule has 8 nitrogen and oxygen atoms in total. The number of hydrogen-bond donors (Lipinski definition) is 1. The Morgan fingerprint density at radius 3 is 2.05 bits per heavy atom. The van der Waals surface area contributed by atoms with Crippen LogP contribution in [0.25, 0.3) is 0 Å². The van der Waals surface area contributed by atoms with E-state index < -0.39 is 55.3 Å². The summed E-state index contributed by atoms with van der Waals surface area (Å²) in [5.41, 5.74) is 0. The highest BCUT2D eigenvalue weighted by Crippen LogP contribution is 2.27. The lowest BCUT2D eigenvalue weighted by atomic mass is 9.99. The van der Waals surface area contributed by atoms with Gasteiger partial charge in [-0.3, -0.25) is 14.4 Å². The SMILES string of the molecule is CC(=O)OC[C@H]1OC(O)[C@H](F)[C@@H](OC(C)=O)[C@H]1OC(C)=O. The molecular formula is C12H17FO8. The van der Waals surface area contributed by atoms with Crippen LogP contribution >= 0.6 is 0 Å². The maximum atomic E-state index is 13.9. The van der Waals surface area contributed by atoms with Crippen molar-refractivity contribution in [2.45, 2.75) is 51.5 Å². The average Bonchev–Trinajstić information content (AvgIpc) is 2.35. The molecule has 0 amide bonds. The summed E-state index contributed by atoms with van der Waals surface area (Å²) >= 11 is 0. The molecule has 1 heterocycles. The van der Waals surface area contributed by atoms with E-state index in [0.29, 0.717) is 0 Å². The van der Waals surface area contributed by atoms with E-state index >= 15 is 0 Å². The predicted octanol–water partition coefficient (Wildman–Crippen LogP) is -0.532. The van der Waals surface area contributed by atoms with E-state index in [1.807, 2.05) is 0 Å². The van der Waals surface area contributed by atoms with Crippen molar-refractivity contribution >= 4 is 17.9 Å². The zero-order valence-corrected chi connectivity index (χ0v) is 11.8. The third-order valence-electron chi connectivity index (χ3n) is 2.65. The molecule has 0 aromatic carbocycles. The van der Waals surface area contributed by atoms with Gasteiger partial charge in [0, 0.05) is 20.8 Å². The Labute approximate surface area is 120 Å². The van der Waals surface area contributed by atoms with Gasteiger partial charge in [0.15, 0.2) is 24.7 Å². The zero-order chi connectivity index (χ0) is 16.2. The van der Waals surface area contributed by atoms with Crippen molar-refractivity contribution in [1.29, 1.82) is 0 Å². The summed E-state index contributed by atoms with van der Waals surface area (Å²) in [4.78, 5) is 32.9. The van der Waals surface area contributed by atoms with E-state index in [1.165, 1.54) is 0 Å². The van der Waals surface area contributed by atoms with Gasteiger partial charge < -0.3 is 24.1 Å². The summed E-state index contributed by atoms with van der Waals surface area (Å²) in [5, 5.41) is 9.48. The van der Waals surface area contributed by atoms with Crippen molar-refractivity contribution in [1.82, 2.24) is 0 Å². The second-order valence-corrected chi connectivity index (χ2v) is 4.46. The molecular weight excluding hydrogens is 291 g/mol. The fourth-order valence-corrected chi connectivity index (χ4v) is 1.88. The van der Waals surface area contributed by atoms with E-state index in [-0.39, 0.29) is 0 Å². The lowest BCUT2D eigenvalue weighted by molar-refractivity contribution is -0.279. The van der Waals surface area contributed by atoms with Crippen LogP contribution in [0, 0.1) is 0 Å². The Morgan fingerprint density at radius 1 is 1.05 bits per heavy atom. The Morgan fingerprint density at radius 2 is 1.57 bits per heavy atom. The number of aliphatic hydroxyl groups is 1. The number of carbonyl (C=O) groups is 3. The van der Waals surface area contributed by atoms with Crippen LogP contribution in [-0.2, 0) is 33.3 Å². The second kappa shape index (κ2) is 7.32. The molecule has 0 saturated carbocycles.